The van der Waals surface area contributed by atoms with Gasteiger partial charge >= 0.3 is 0 Å². The van der Waals surface area contributed by atoms with Crippen molar-refractivity contribution in [1.82, 2.24) is 0 Å². The molecule has 0 saturated heterocycles. The quantitative estimate of drug-likeness (QED) is 0.755. The Bertz CT molecular complexity index is 341. The van der Waals surface area contributed by atoms with Gasteiger partial charge in [-0.2, -0.15) is 5.26 Å². The lowest BCUT2D eigenvalue weighted by molar-refractivity contribution is 0.160. The summed E-state index contributed by atoms with van der Waals surface area (Å²) in [5.41, 5.74) is 6.89. The molecule has 0 amide bonds. The molecule has 0 spiro atoms. The molecule has 0 heterocycles. The van der Waals surface area contributed by atoms with Gasteiger partial charge in [0, 0.05) is 6.04 Å². The Morgan fingerprint density at radius 1 is 1.57 bits per heavy atom. The highest BCUT2D eigenvalue weighted by Gasteiger charge is 2.09. The first-order valence-corrected chi connectivity index (χ1v) is 4.57. The van der Waals surface area contributed by atoms with Crippen LogP contribution in [0.1, 0.15) is 30.6 Å². The molecule has 0 aliphatic carbocycles. The van der Waals surface area contributed by atoms with E-state index in [1.54, 1.807) is 24.3 Å². The topological polar surface area (TPSA) is 70.0 Å². The summed E-state index contributed by atoms with van der Waals surface area (Å²) in [6.45, 7) is 1.84. The first-order valence-electron chi connectivity index (χ1n) is 4.57. The number of rotatable bonds is 3. The van der Waals surface area contributed by atoms with Gasteiger partial charge in [-0.15, -0.1) is 0 Å². The van der Waals surface area contributed by atoms with Gasteiger partial charge in [0.15, 0.2) is 0 Å². The molecular weight excluding hydrogens is 176 g/mol. The summed E-state index contributed by atoms with van der Waals surface area (Å²) in [5, 5.41) is 18.4. The highest BCUT2D eigenvalue weighted by molar-refractivity contribution is 5.33. The maximum atomic E-state index is 9.72. The van der Waals surface area contributed by atoms with E-state index in [1.165, 1.54) is 0 Å². The zero-order valence-electron chi connectivity index (χ0n) is 8.14. The fourth-order valence-electron chi connectivity index (χ4n) is 1.30. The van der Waals surface area contributed by atoms with Crippen molar-refractivity contribution in [2.45, 2.75) is 25.5 Å². The lowest BCUT2D eigenvalue weighted by atomic mass is 10.0. The van der Waals surface area contributed by atoms with Crippen LogP contribution in [-0.2, 0) is 0 Å². The fraction of sp³-hybridized carbons (Fsp3) is 0.364. The summed E-state index contributed by atoms with van der Waals surface area (Å²) >= 11 is 0. The van der Waals surface area contributed by atoms with Crippen LogP contribution in [-0.4, -0.2) is 11.1 Å². The molecule has 0 aromatic heterocycles. The SMILES string of the molecule is CC(N)CC(O)c1cccc(C#N)c1. The second-order valence-corrected chi connectivity index (χ2v) is 3.47. The zero-order valence-corrected chi connectivity index (χ0v) is 8.14. The lowest BCUT2D eigenvalue weighted by Crippen LogP contribution is -2.18. The maximum absolute atomic E-state index is 9.72. The van der Waals surface area contributed by atoms with E-state index >= 15 is 0 Å². The van der Waals surface area contributed by atoms with Crippen molar-refractivity contribution in [2.24, 2.45) is 5.73 Å². The van der Waals surface area contributed by atoms with E-state index in [4.69, 9.17) is 11.0 Å². The second-order valence-electron chi connectivity index (χ2n) is 3.47. The number of aliphatic hydroxyl groups is 1. The maximum Gasteiger partial charge on any atom is 0.0991 e. The van der Waals surface area contributed by atoms with E-state index in [0.29, 0.717) is 12.0 Å². The Kier molecular flexibility index (Phi) is 3.63. The third-order valence-electron chi connectivity index (χ3n) is 2.00. The molecule has 0 aliphatic rings. The highest BCUT2D eigenvalue weighted by atomic mass is 16.3. The van der Waals surface area contributed by atoms with Gasteiger partial charge in [-0.25, -0.2) is 0 Å². The van der Waals surface area contributed by atoms with Crippen molar-refractivity contribution >= 4 is 0 Å². The minimum absolute atomic E-state index is 0.0456. The molecule has 3 N–H and O–H groups in total. The van der Waals surface area contributed by atoms with Crippen molar-refractivity contribution in [3.05, 3.63) is 35.4 Å². The van der Waals surface area contributed by atoms with Crippen molar-refractivity contribution in [1.29, 1.82) is 5.26 Å². The van der Waals surface area contributed by atoms with E-state index in [0.717, 1.165) is 5.56 Å². The van der Waals surface area contributed by atoms with Crippen molar-refractivity contribution in [3.63, 3.8) is 0 Å². The minimum Gasteiger partial charge on any atom is -0.388 e. The standard InChI is InChI=1S/C11H14N2O/c1-8(13)5-11(14)10-4-2-3-9(6-10)7-12/h2-4,6,8,11,14H,5,13H2,1H3. The third-order valence-corrected chi connectivity index (χ3v) is 2.00. The number of aliphatic hydroxyl groups excluding tert-OH is 1. The van der Waals surface area contributed by atoms with Crippen LogP contribution in [0.4, 0.5) is 0 Å². The van der Waals surface area contributed by atoms with Gasteiger partial charge in [-0.1, -0.05) is 12.1 Å². The summed E-state index contributed by atoms with van der Waals surface area (Å²) in [6.07, 6.45) is -0.0715. The average Bonchev–Trinajstić information content (AvgIpc) is 2.17. The summed E-state index contributed by atoms with van der Waals surface area (Å²) < 4.78 is 0. The average molecular weight is 190 g/mol. The Balaban J connectivity index is 2.80. The van der Waals surface area contributed by atoms with Crippen LogP contribution < -0.4 is 5.73 Å². The first-order chi connectivity index (χ1) is 6.63. The van der Waals surface area contributed by atoms with E-state index in [-0.39, 0.29) is 6.04 Å². The smallest absolute Gasteiger partial charge is 0.0991 e. The van der Waals surface area contributed by atoms with Gasteiger partial charge < -0.3 is 10.8 Å². The molecule has 1 rings (SSSR count). The number of nitriles is 1. The molecular formula is C11H14N2O. The predicted molar refractivity (Wildman–Crippen MR) is 54.4 cm³/mol. The normalized spacial score (nSPS) is 14.4. The molecule has 0 aliphatic heterocycles. The third kappa shape index (κ3) is 2.84. The molecule has 3 nitrogen and oxygen atoms in total. The van der Waals surface area contributed by atoms with Crippen LogP contribution in [0.2, 0.25) is 0 Å². The monoisotopic (exact) mass is 190 g/mol. The lowest BCUT2D eigenvalue weighted by Gasteiger charge is -2.13. The molecule has 2 unspecified atom stereocenters. The summed E-state index contributed by atoms with van der Waals surface area (Å²) in [7, 11) is 0. The zero-order chi connectivity index (χ0) is 10.6. The number of hydrogen-bond acceptors (Lipinski definition) is 3. The van der Waals surface area contributed by atoms with Gasteiger partial charge in [0.25, 0.3) is 0 Å². The van der Waals surface area contributed by atoms with Crippen molar-refractivity contribution < 1.29 is 5.11 Å². The summed E-state index contributed by atoms with van der Waals surface area (Å²) in [6, 6.07) is 8.95. The molecule has 0 radical (unpaired) electrons. The van der Waals surface area contributed by atoms with Crippen molar-refractivity contribution in [2.75, 3.05) is 0 Å². The van der Waals surface area contributed by atoms with E-state index < -0.39 is 6.10 Å². The summed E-state index contributed by atoms with van der Waals surface area (Å²) in [4.78, 5) is 0. The molecule has 14 heavy (non-hydrogen) atoms. The number of benzene rings is 1. The van der Waals surface area contributed by atoms with Crippen LogP contribution in [0.15, 0.2) is 24.3 Å². The predicted octanol–water partition coefficient (Wildman–Crippen LogP) is 1.33. The Morgan fingerprint density at radius 3 is 2.86 bits per heavy atom. The van der Waals surface area contributed by atoms with Crippen molar-refractivity contribution in [3.8, 4) is 6.07 Å². The molecule has 3 heteroatoms. The highest BCUT2D eigenvalue weighted by Crippen LogP contribution is 2.18. The molecule has 1 aromatic rings. The molecule has 0 bridgehead atoms. The van der Waals surface area contributed by atoms with Crippen LogP contribution in [0, 0.1) is 11.3 Å². The number of nitrogens with two attached hydrogens (primary N) is 1. The number of hydrogen-bond donors (Lipinski definition) is 2. The van der Waals surface area contributed by atoms with Gasteiger partial charge in [-0.05, 0) is 31.0 Å². The van der Waals surface area contributed by atoms with Crippen LogP contribution in [0.3, 0.4) is 0 Å². The molecule has 1 aromatic carbocycles. The first kappa shape index (κ1) is 10.7. The molecule has 74 valence electrons. The molecule has 0 saturated carbocycles. The Labute approximate surface area is 83.8 Å². The van der Waals surface area contributed by atoms with Gasteiger partial charge in [0.2, 0.25) is 0 Å². The van der Waals surface area contributed by atoms with E-state index in [9.17, 15) is 5.11 Å². The van der Waals surface area contributed by atoms with E-state index in [1.807, 2.05) is 13.0 Å². The Morgan fingerprint density at radius 2 is 2.29 bits per heavy atom. The van der Waals surface area contributed by atoms with Crippen LogP contribution in [0.5, 0.6) is 0 Å². The van der Waals surface area contributed by atoms with Crippen LogP contribution >= 0.6 is 0 Å². The Hall–Kier alpha value is -1.37. The van der Waals surface area contributed by atoms with Gasteiger partial charge in [-0.3, -0.25) is 0 Å². The minimum atomic E-state index is -0.580. The second kappa shape index (κ2) is 4.75. The number of nitrogens with zero attached hydrogens (tertiary/aromatic N) is 1. The van der Waals surface area contributed by atoms with Crippen LogP contribution in [0.25, 0.3) is 0 Å². The fourth-order valence-corrected chi connectivity index (χ4v) is 1.30. The van der Waals surface area contributed by atoms with Gasteiger partial charge in [0.05, 0.1) is 17.7 Å². The largest absolute Gasteiger partial charge is 0.388 e. The molecule has 0 fully saturated rings. The van der Waals surface area contributed by atoms with E-state index in [2.05, 4.69) is 0 Å². The van der Waals surface area contributed by atoms with Gasteiger partial charge in [0.1, 0.15) is 0 Å². The molecule has 2 atom stereocenters. The summed E-state index contributed by atoms with van der Waals surface area (Å²) in [5.74, 6) is 0.